The summed E-state index contributed by atoms with van der Waals surface area (Å²) in [6.07, 6.45) is 2.12. The molecule has 0 aliphatic rings. The summed E-state index contributed by atoms with van der Waals surface area (Å²) >= 11 is 3.61. The maximum Gasteiger partial charge on any atom is 0.0302 e. The number of hydrogen-bond donors (Lipinski definition) is 1. The first kappa shape index (κ1) is 11.7. The molecule has 3 heteroatoms. The van der Waals surface area contributed by atoms with Gasteiger partial charge in [-0.1, -0.05) is 24.3 Å². The predicted octanol–water partition coefficient (Wildman–Crippen LogP) is 3.76. The van der Waals surface area contributed by atoms with Crippen LogP contribution in [0, 0.1) is 0 Å². The summed E-state index contributed by atoms with van der Waals surface area (Å²) < 4.78 is 0. The van der Waals surface area contributed by atoms with Gasteiger partial charge in [0.05, 0.1) is 0 Å². The first-order chi connectivity index (χ1) is 7.90. The minimum absolute atomic E-state index is 0.939. The standard InChI is InChI=1S/C13H15NS2/c1-15-13-7-3-2-5-11(13)9-14-10-12-6-4-8-16-12/h2-8,14H,9-10H2,1H3. The molecule has 0 aliphatic carbocycles. The largest absolute Gasteiger partial charge is 0.308 e. The van der Waals surface area contributed by atoms with Crippen molar-refractivity contribution in [3.63, 3.8) is 0 Å². The Morgan fingerprint density at radius 2 is 2.00 bits per heavy atom. The molecule has 0 unspecified atom stereocenters. The van der Waals surface area contributed by atoms with Gasteiger partial charge < -0.3 is 5.32 Å². The molecule has 0 fully saturated rings. The van der Waals surface area contributed by atoms with Crippen molar-refractivity contribution in [3.05, 3.63) is 52.2 Å². The third kappa shape index (κ3) is 3.11. The fourth-order valence-electron chi connectivity index (χ4n) is 1.58. The lowest BCUT2D eigenvalue weighted by Crippen LogP contribution is -2.12. The van der Waals surface area contributed by atoms with E-state index in [0.717, 1.165) is 13.1 Å². The normalized spacial score (nSPS) is 10.6. The van der Waals surface area contributed by atoms with Crippen LogP contribution in [0.5, 0.6) is 0 Å². The average molecular weight is 249 g/mol. The molecule has 0 bridgehead atoms. The van der Waals surface area contributed by atoms with Gasteiger partial charge in [0.25, 0.3) is 0 Å². The summed E-state index contributed by atoms with van der Waals surface area (Å²) in [5, 5.41) is 5.59. The molecule has 0 aliphatic heterocycles. The third-order valence-corrected chi connectivity index (χ3v) is 4.10. The van der Waals surface area contributed by atoms with Gasteiger partial charge >= 0.3 is 0 Å². The molecule has 1 N–H and O–H groups in total. The lowest BCUT2D eigenvalue weighted by atomic mass is 10.2. The van der Waals surface area contributed by atoms with Crippen LogP contribution in [-0.4, -0.2) is 6.26 Å². The van der Waals surface area contributed by atoms with Gasteiger partial charge in [0.15, 0.2) is 0 Å². The highest BCUT2D eigenvalue weighted by Crippen LogP contribution is 2.19. The molecular weight excluding hydrogens is 234 g/mol. The van der Waals surface area contributed by atoms with E-state index in [9.17, 15) is 0 Å². The van der Waals surface area contributed by atoms with Gasteiger partial charge in [0.2, 0.25) is 0 Å². The number of rotatable bonds is 5. The number of nitrogens with one attached hydrogen (secondary N) is 1. The predicted molar refractivity (Wildman–Crippen MR) is 73.1 cm³/mol. The highest BCUT2D eigenvalue weighted by atomic mass is 32.2. The molecule has 84 valence electrons. The first-order valence-electron chi connectivity index (χ1n) is 5.25. The summed E-state index contributed by atoms with van der Waals surface area (Å²) in [7, 11) is 0. The molecule has 0 saturated heterocycles. The van der Waals surface area contributed by atoms with Crippen molar-refractivity contribution < 1.29 is 0 Å². The topological polar surface area (TPSA) is 12.0 Å². The molecule has 2 aromatic rings. The fourth-order valence-corrected chi connectivity index (χ4v) is 2.87. The van der Waals surface area contributed by atoms with Gasteiger partial charge in [-0.2, -0.15) is 0 Å². The zero-order valence-corrected chi connectivity index (χ0v) is 10.9. The van der Waals surface area contributed by atoms with Gasteiger partial charge in [0, 0.05) is 22.9 Å². The molecule has 1 nitrogen and oxygen atoms in total. The maximum absolute atomic E-state index is 3.48. The Hall–Kier alpha value is -0.770. The van der Waals surface area contributed by atoms with Crippen LogP contribution in [0.1, 0.15) is 10.4 Å². The zero-order chi connectivity index (χ0) is 11.2. The van der Waals surface area contributed by atoms with Crippen molar-refractivity contribution in [3.8, 4) is 0 Å². The van der Waals surface area contributed by atoms with Crippen molar-refractivity contribution in [1.82, 2.24) is 5.32 Å². The zero-order valence-electron chi connectivity index (χ0n) is 9.27. The van der Waals surface area contributed by atoms with Crippen LogP contribution in [0.4, 0.5) is 0 Å². The van der Waals surface area contributed by atoms with E-state index in [2.05, 4.69) is 53.4 Å². The molecule has 0 saturated carbocycles. The summed E-state index contributed by atoms with van der Waals surface area (Å²) in [6, 6.07) is 12.8. The van der Waals surface area contributed by atoms with E-state index in [0.29, 0.717) is 0 Å². The Labute approximate surface area is 105 Å². The lowest BCUT2D eigenvalue weighted by molar-refractivity contribution is 0.693. The Morgan fingerprint density at radius 1 is 1.12 bits per heavy atom. The number of benzene rings is 1. The minimum Gasteiger partial charge on any atom is -0.308 e. The molecule has 0 amide bonds. The quantitative estimate of drug-likeness (QED) is 0.810. The van der Waals surface area contributed by atoms with Gasteiger partial charge in [-0.05, 0) is 29.3 Å². The molecule has 2 rings (SSSR count). The van der Waals surface area contributed by atoms with E-state index in [4.69, 9.17) is 0 Å². The SMILES string of the molecule is CSc1ccccc1CNCc1cccs1. The summed E-state index contributed by atoms with van der Waals surface area (Å²) in [5.74, 6) is 0. The monoisotopic (exact) mass is 249 g/mol. The lowest BCUT2D eigenvalue weighted by Gasteiger charge is -2.07. The molecular formula is C13H15NS2. The van der Waals surface area contributed by atoms with E-state index >= 15 is 0 Å². The second-order valence-electron chi connectivity index (χ2n) is 3.49. The summed E-state index contributed by atoms with van der Waals surface area (Å²) in [5.41, 5.74) is 1.38. The van der Waals surface area contributed by atoms with E-state index in [-0.39, 0.29) is 0 Å². The second-order valence-corrected chi connectivity index (χ2v) is 5.38. The number of thioether (sulfide) groups is 1. The molecule has 0 radical (unpaired) electrons. The van der Waals surface area contributed by atoms with Crippen LogP contribution >= 0.6 is 23.1 Å². The molecule has 1 aromatic carbocycles. The van der Waals surface area contributed by atoms with Crippen LogP contribution in [0.15, 0.2) is 46.7 Å². The number of thiophene rings is 1. The highest BCUT2D eigenvalue weighted by Gasteiger charge is 1.99. The molecule has 16 heavy (non-hydrogen) atoms. The third-order valence-electron chi connectivity index (χ3n) is 2.39. The van der Waals surface area contributed by atoms with Crippen LogP contribution in [0.3, 0.4) is 0 Å². The molecule has 0 spiro atoms. The van der Waals surface area contributed by atoms with Crippen molar-refractivity contribution in [2.45, 2.75) is 18.0 Å². The Balaban J connectivity index is 1.89. The van der Waals surface area contributed by atoms with Crippen LogP contribution in [0.2, 0.25) is 0 Å². The Bertz CT molecular complexity index is 423. The van der Waals surface area contributed by atoms with Crippen molar-refractivity contribution in [1.29, 1.82) is 0 Å². The van der Waals surface area contributed by atoms with Gasteiger partial charge in [-0.15, -0.1) is 23.1 Å². The van der Waals surface area contributed by atoms with Crippen LogP contribution in [0.25, 0.3) is 0 Å². The van der Waals surface area contributed by atoms with Crippen molar-refractivity contribution >= 4 is 23.1 Å². The summed E-state index contributed by atoms with van der Waals surface area (Å²) in [4.78, 5) is 2.75. The van der Waals surface area contributed by atoms with E-state index in [1.54, 1.807) is 23.1 Å². The Morgan fingerprint density at radius 3 is 2.75 bits per heavy atom. The average Bonchev–Trinajstić information content (AvgIpc) is 2.83. The van der Waals surface area contributed by atoms with Gasteiger partial charge in [-0.25, -0.2) is 0 Å². The molecule has 1 heterocycles. The van der Waals surface area contributed by atoms with Gasteiger partial charge in [-0.3, -0.25) is 0 Å². The molecule has 0 atom stereocenters. The van der Waals surface area contributed by atoms with E-state index < -0.39 is 0 Å². The van der Waals surface area contributed by atoms with Crippen LogP contribution < -0.4 is 5.32 Å². The summed E-state index contributed by atoms with van der Waals surface area (Å²) in [6.45, 7) is 1.90. The fraction of sp³-hybridized carbons (Fsp3) is 0.231. The minimum atomic E-state index is 0.939. The maximum atomic E-state index is 3.48. The van der Waals surface area contributed by atoms with E-state index in [1.165, 1.54) is 15.3 Å². The molecule has 1 aromatic heterocycles. The van der Waals surface area contributed by atoms with Crippen molar-refractivity contribution in [2.24, 2.45) is 0 Å². The van der Waals surface area contributed by atoms with Crippen LogP contribution in [-0.2, 0) is 13.1 Å². The van der Waals surface area contributed by atoms with Gasteiger partial charge in [0.1, 0.15) is 0 Å². The smallest absolute Gasteiger partial charge is 0.0302 e. The van der Waals surface area contributed by atoms with E-state index in [1.807, 2.05) is 0 Å². The van der Waals surface area contributed by atoms with Crippen molar-refractivity contribution in [2.75, 3.05) is 6.26 Å². The number of hydrogen-bond acceptors (Lipinski definition) is 3. The Kier molecular flexibility index (Phi) is 4.45. The first-order valence-corrected chi connectivity index (χ1v) is 7.35. The highest BCUT2D eigenvalue weighted by molar-refractivity contribution is 7.98. The second kappa shape index (κ2) is 6.09.